The molecule has 2 aromatic carbocycles. The van der Waals surface area contributed by atoms with Crippen molar-refractivity contribution in [1.29, 1.82) is 0 Å². The third-order valence-electron chi connectivity index (χ3n) is 3.81. The Hall–Kier alpha value is -1.80. The molecule has 1 unspecified atom stereocenters. The number of aliphatic hydroxyl groups is 1. The van der Waals surface area contributed by atoms with E-state index in [1.165, 1.54) is 5.56 Å². The third kappa shape index (κ3) is 2.70. The van der Waals surface area contributed by atoms with E-state index in [0.717, 1.165) is 34.4 Å². The Balaban J connectivity index is 2.48. The highest BCUT2D eigenvalue weighted by Gasteiger charge is 2.17. The van der Waals surface area contributed by atoms with Crippen LogP contribution in [0.2, 0.25) is 0 Å². The van der Waals surface area contributed by atoms with E-state index in [1.807, 2.05) is 44.2 Å². The molecular formula is C18H22O2. The molecule has 0 saturated heterocycles. The number of methoxy groups -OCH3 is 1. The van der Waals surface area contributed by atoms with E-state index >= 15 is 0 Å². The molecule has 2 nitrogen and oxygen atoms in total. The molecule has 0 fully saturated rings. The van der Waals surface area contributed by atoms with E-state index in [1.54, 1.807) is 7.11 Å². The first-order valence-electron chi connectivity index (χ1n) is 6.99. The fourth-order valence-corrected chi connectivity index (χ4v) is 2.62. The maximum Gasteiger partial charge on any atom is 0.122 e. The molecule has 2 rings (SSSR count). The Morgan fingerprint density at radius 3 is 2.40 bits per heavy atom. The largest absolute Gasteiger partial charge is 0.496 e. The Labute approximate surface area is 121 Å². The zero-order valence-electron chi connectivity index (χ0n) is 12.6. The van der Waals surface area contributed by atoms with Crippen molar-refractivity contribution in [3.05, 3.63) is 64.2 Å². The Morgan fingerprint density at radius 1 is 1.05 bits per heavy atom. The molecule has 0 aliphatic heterocycles. The van der Waals surface area contributed by atoms with Crippen molar-refractivity contribution in [2.75, 3.05) is 7.11 Å². The zero-order valence-corrected chi connectivity index (χ0v) is 12.6. The lowest BCUT2D eigenvalue weighted by atomic mass is 9.92. The molecule has 106 valence electrons. The van der Waals surface area contributed by atoms with Gasteiger partial charge >= 0.3 is 0 Å². The van der Waals surface area contributed by atoms with Gasteiger partial charge in [-0.05, 0) is 60.2 Å². The average Bonchev–Trinajstić information content (AvgIpc) is 2.48. The fraction of sp³-hybridized carbons (Fsp3) is 0.333. The van der Waals surface area contributed by atoms with Crippen molar-refractivity contribution in [2.45, 2.75) is 33.3 Å². The fourth-order valence-electron chi connectivity index (χ4n) is 2.62. The summed E-state index contributed by atoms with van der Waals surface area (Å²) in [5.41, 5.74) is 5.21. The summed E-state index contributed by atoms with van der Waals surface area (Å²) in [6.45, 7) is 6.12. The Kier molecular flexibility index (Phi) is 4.46. The normalized spacial score (nSPS) is 12.2. The van der Waals surface area contributed by atoms with Gasteiger partial charge in [-0.3, -0.25) is 0 Å². The van der Waals surface area contributed by atoms with Gasteiger partial charge in [0.2, 0.25) is 0 Å². The van der Waals surface area contributed by atoms with E-state index in [4.69, 9.17) is 4.74 Å². The topological polar surface area (TPSA) is 29.5 Å². The van der Waals surface area contributed by atoms with Gasteiger partial charge in [-0.1, -0.05) is 31.2 Å². The van der Waals surface area contributed by atoms with Crippen LogP contribution in [-0.4, -0.2) is 12.2 Å². The van der Waals surface area contributed by atoms with Crippen LogP contribution in [-0.2, 0) is 6.42 Å². The van der Waals surface area contributed by atoms with Crippen LogP contribution in [0.3, 0.4) is 0 Å². The molecule has 0 radical (unpaired) electrons. The van der Waals surface area contributed by atoms with Crippen molar-refractivity contribution in [1.82, 2.24) is 0 Å². The number of aryl methyl sites for hydroxylation is 3. The van der Waals surface area contributed by atoms with Gasteiger partial charge in [-0.2, -0.15) is 0 Å². The Morgan fingerprint density at radius 2 is 1.75 bits per heavy atom. The van der Waals surface area contributed by atoms with Gasteiger partial charge in [-0.25, -0.2) is 0 Å². The van der Waals surface area contributed by atoms with Crippen LogP contribution in [0.4, 0.5) is 0 Å². The predicted molar refractivity (Wildman–Crippen MR) is 82.3 cm³/mol. The number of hydrogen-bond donors (Lipinski definition) is 1. The quantitative estimate of drug-likeness (QED) is 0.911. The van der Waals surface area contributed by atoms with Gasteiger partial charge in [0.15, 0.2) is 0 Å². The van der Waals surface area contributed by atoms with E-state index in [-0.39, 0.29) is 0 Å². The first-order chi connectivity index (χ1) is 9.58. The van der Waals surface area contributed by atoms with Crippen LogP contribution in [0.1, 0.15) is 40.8 Å². The lowest BCUT2D eigenvalue weighted by Crippen LogP contribution is -2.06. The summed E-state index contributed by atoms with van der Waals surface area (Å²) < 4.78 is 5.33. The van der Waals surface area contributed by atoms with Crippen LogP contribution in [0, 0.1) is 13.8 Å². The van der Waals surface area contributed by atoms with Crippen molar-refractivity contribution in [3.63, 3.8) is 0 Å². The molecule has 0 aliphatic carbocycles. The van der Waals surface area contributed by atoms with Crippen molar-refractivity contribution in [3.8, 4) is 5.75 Å². The standard InChI is InChI=1S/C18H22O2/c1-5-14-8-6-7-9-15(14)18(19)16-10-13(3)17(20-4)11-12(16)2/h6-11,18-19H,5H2,1-4H3. The first-order valence-corrected chi connectivity index (χ1v) is 6.99. The SMILES string of the molecule is CCc1ccccc1C(O)c1cc(C)c(OC)cc1C. The summed E-state index contributed by atoms with van der Waals surface area (Å²) in [5, 5.41) is 10.7. The molecule has 1 N–H and O–H groups in total. The minimum Gasteiger partial charge on any atom is -0.496 e. The molecule has 0 saturated carbocycles. The maximum absolute atomic E-state index is 10.7. The van der Waals surface area contributed by atoms with Gasteiger partial charge in [0.05, 0.1) is 7.11 Å². The molecule has 2 aromatic rings. The number of aliphatic hydroxyl groups excluding tert-OH is 1. The molecule has 0 bridgehead atoms. The summed E-state index contributed by atoms with van der Waals surface area (Å²) in [6, 6.07) is 12.1. The third-order valence-corrected chi connectivity index (χ3v) is 3.81. The van der Waals surface area contributed by atoms with Crippen molar-refractivity contribution < 1.29 is 9.84 Å². The lowest BCUT2D eigenvalue weighted by Gasteiger charge is -2.19. The van der Waals surface area contributed by atoms with Gasteiger partial charge in [0, 0.05) is 0 Å². The zero-order chi connectivity index (χ0) is 14.7. The van der Waals surface area contributed by atoms with Gasteiger partial charge < -0.3 is 9.84 Å². The van der Waals surface area contributed by atoms with Gasteiger partial charge in [0.1, 0.15) is 11.9 Å². The van der Waals surface area contributed by atoms with Crippen LogP contribution < -0.4 is 4.74 Å². The van der Waals surface area contributed by atoms with Crippen LogP contribution >= 0.6 is 0 Å². The summed E-state index contributed by atoms with van der Waals surface area (Å²) in [4.78, 5) is 0. The van der Waals surface area contributed by atoms with Gasteiger partial charge in [-0.15, -0.1) is 0 Å². The molecule has 0 amide bonds. The van der Waals surface area contributed by atoms with Crippen LogP contribution in [0.15, 0.2) is 36.4 Å². The van der Waals surface area contributed by atoms with Crippen LogP contribution in [0.25, 0.3) is 0 Å². The van der Waals surface area contributed by atoms with Crippen molar-refractivity contribution in [2.24, 2.45) is 0 Å². The summed E-state index contributed by atoms with van der Waals surface area (Å²) >= 11 is 0. The van der Waals surface area contributed by atoms with E-state index in [0.29, 0.717) is 0 Å². The first kappa shape index (κ1) is 14.6. The highest BCUT2D eigenvalue weighted by molar-refractivity contribution is 5.46. The monoisotopic (exact) mass is 270 g/mol. The molecular weight excluding hydrogens is 248 g/mol. The molecule has 20 heavy (non-hydrogen) atoms. The van der Waals surface area contributed by atoms with E-state index in [2.05, 4.69) is 13.0 Å². The smallest absolute Gasteiger partial charge is 0.122 e. The van der Waals surface area contributed by atoms with Gasteiger partial charge in [0.25, 0.3) is 0 Å². The number of ether oxygens (including phenoxy) is 1. The second-order valence-corrected chi connectivity index (χ2v) is 5.13. The minimum absolute atomic E-state index is 0.587. The summed E-state index contributed by atoms with van der Waals surface area (Å²) in [6.07, 6.45) is 0.331. The van der Waals surface area contributed by atoms with Crippen LogP contribution in [0.5, 0.6) is 5.75 Å². The highest BCUT2D eigenvalue weighted by Crippen LogP contribution is 2.31. The number of benzene rings is 2. The second-order valence-electron chi connectivity index (χ2n) is 5.13. The molecule has 0 aromatic heterocycles. The molecule has 1 atom stereocenters. The lowest BCUT2D eigenvalue weighted by molar-refractivity contribution is 0.218. The average molecular weight is 270 g/mol. The second kappa shape index (κ2) is 6.10. The highest BCUT2D eigenvalue weighted by atomic mass is 16.5. The Bertz CT molecular complexity index is 602. The summed E-state index contributed by atoms with van der Waals surface area (Å²) in [7, 11) is 1.67. The summed E-state index contributed by atoms with van der Waals surface area (Å²) in [5.74, 6) is 0.863. The molecule has 0 aliphatic rings. The van der Waals surface area contributed by atoms with E-state index in [9.17, 15) is 5.11 Å². The maximum atomic E-state index is 10.7. The molecule has 2 heteroatoms. The predicted octanol–water partition coefficient (Wildman–Crippen LogP) is 3.96. The number of hydrogen-bond acceptors (Lipinski definition) is 2. The molecule has 0 heterocycles. The number of rotatable bonds is 4. The van der Waals surface area contributed by atoms with Crippen molar-refractivity contribution >= 4 is 0 Å². The van der Waals surface area contributed by atoms with E-state index < -0.39 is 6.10 Å². The minimum atomic E-state index is -0.587. The molecule has 0 spiro atoms.